The molecule has 0 fully saturated rings. The van der Waals surface area contributed by atoms with Gasteiger partial charge in [-0.25, -0.2) is 4.98 Å². The van der Waals surface area contributed by atoms with Gasteiger partial charge in [0.2, 0.25) is 0 Å². The van der Waals surface area contributed by atoms with Gasteiger partial charge in [-0.3, -0.25) is 4.79 Å². The molecule has 4 nitrogen and oxygen atoms in total. The summed E-state index contributed by atoms with van der Waals surface area (Å²) in [5.74, 6) is 0.763. The average molecular weight is 311 g/mol. The van der Waals surface area contributed by atoms with Gasteiger partial charge >= 0.3 is 0 Å². The summed E-state index contributed by atoms with van der Waals surface area (Å²) in [5.41, 5.74) is 3.11. The Bertz CT molecular complexity index is 637. The number of rotatable bonds is 7. The first-order valence-electron chi connectivity index (χ1n) is 8.11. The van der Waals surface area contributed by atoms with Gasteiger partial charge in [0, 0.05) is 31.9 Å². The van der Waals surface area contributed by atoms with E-state index in [1.54, 1.807) is 17.2 Å². The van der Waals surface area contributed by atoms with Crippen molar-refractivity contribution in [3.05, 3.63) is 59.3 Å². The smallest absolute Gasteiger partial charge is 0.253 e. The van der Waals surface area contributed by atoms with Crippen molar-refractivity contribution in [3.63, 3.8) is 0 Å². The van der Waals surface area contributed by atoms with Gasteiger partial charge in [-0.2, -0.15) is 0 Å². The van der Waals surface area contributed by atoms with Crippen LogP contribution in [0.15, 0.2) is 42.6 Å². The fraction of sp³-hybridized carbons (Fsp3) is 0.368. The van der Waals surface area contributed by atoms with E-state index in [0.29, 0.717) is 12.1 Å². The molecule has 23 heavy (non-hydrogen) atoms. The minimum atomic E-state index is 0.0410. The molecule has 2 rings (SSSR count). The molecule has 0 saturated heterocycles. The van der Waals surface area contributed by atoms with Gasteiger partial charge in [-0.15, -0.1) is 0 Å². The molecular weight excluding hydrogens is 286 g/mol. The number of hydrogen-bond acceptors (Lipinski definition) is 3. The number of anilines is 1. The van der Waals surface area contributed by atoms with Crippen molar-refractivity contribution >= 4 is 11.7 Å². The predicted molar refractivity (Wildman–Crippen MR) is 94.6 cm³/mol. The molecule has 4 heteroatoms. The Kier molecular flexibility index (Phi) is 6.15. The minimum absolute atomic E-state index is 0.0410. The van der Waals surface area contributed by atoms with Crippen LogP contribution in [0.5, 0.6) is 0 Å². The summed E-state index contributed by atoms with van der Waals surface area (Å²) >= 11 is 0. The van der Waals surface area contributed by atoms with Crippen molar-refractivity contribution < 1.29 is 4.79 Å². The summed E-state index contributed by atoms with van der Waals surface area (Å²) in [5, 5.41) is 3.28. The molecule has 0 aliphatic carbocycles. The second-order valence-corrected chi connectivity index (χ2v) is 5.85. The van der Waals surface area contributed by atoms with Gasteiger partial charge in [0.1, 0.15) is 5.82 Å². The molecule has 0 spiro atoms. The van der Waals surface area contributed by atoms with Crippen LogP contribution in [-0.4, -0.2) is 29.4 Å². The zero-order chi connectivity index (χ0) is 16.7. The fourth-order valence-corrected chi connectivity index (χ4v) is 2.28. The topological polar surface area (TPSA) is 45.2 Å². The average Bonchev–Trinajstić information content (AvgIpc) is 2.58. The number of aryl methyl sites for hydroxylation is 1. The molecule has 1 aromatic carbocycles. The largest absolute Gasteiger partial charge is 0.366 e. The van der Waals surface area contributed by atoms with E-state index in [1.807, 2.05) is 13.1 Å². The van der Waals surface area contributed by atoms with Crippen LogP contribution in [0.1, 0.15) is 41.3 Å². The molecule has 0 aliphatic rings. The van der Waals surface area contributed by atoms with E-state index in [9.17, 15) is 4.79 Å². The lowest BCUT2D eigenvalue weighted by Gasteiger charge is -2.17. The van der Waals surface area contributed by atoms with E-state index in [0.717, 1.165) is 25.2 Å². The minimum Gasteiger partial charge on any atom is -0.366 e. The van der Waals surface area contributed by atoms with Gasteiger partial charge in [-0.1, -0.05) is 43.2 Å². The molecule has 0 radical (unpaired) electrons. The van der Waals surface area contributed by atoms with Crippen LogP contribution in [0.3, 0.4) is 0 Å². The first-order chi connectivity index (χ1) is 11.1. The summed E-state index contributed by atoms with van der Waals surface area (Å²) in [6.45, 7) is 5.67. The predicted octanol–water partition coefficient (Wildman–Crippen LogP) is 3.87. The van der Waals surface area contributed by atoms with Crippen LogP contribution in [0, 0.1) is 6.92 Å². The molecule has 2 aromatic rings. The van der Waals surface area contributed by atoms with E-state index in [-0.39, 0.29) is 5.91 Å². The Hall–Kier alpha value is -2.36. The Morgan fingerprint density at radius 1 is 1.22 bits per heavy atom. The Balaban J connectivity index is 1.98. The maximum absolute atomic E-state index is 12.4. The molecule has 0 unspecified atom stereocenters. The first-order valence-corrected chi connectivity index (χ1v) is 8.11. The lowest BCUT2D eigenvalue weighted by atomic mass is 10.1. The maximum atomic E-state index is 12.4. The highest BCUT2D eigenvalue weighted by molar-refractivity contribution is 5.94. The monoisotopic (exact) mass is 311 g/mol. The molecule has 0 bridgehead atoms. The number of benzene rings is 1. The number of hydrogen-bond donors (Lipinski definition) is 1. The lowest BCUT2D eigenvalue weighted by Crippen LogP contribution is -2.27. The molecule has 1 aromatic heterocycles. The fourth-order valence-electron chi connectivity index (χ4n) is 2.28. The number of unbranched alkanes of at least 4 members (excludes halogenated alkanes) is 1. The lowest BCUT2D eigenvalue weighted by molar-refractivity contribution is 0.0793. The van der Waals surface area contributed by atoms with Crippen molar-refractivity contribution in [3.8, 4) is 0 Å². The highest BCUT2D eigenvalue weighted by atomic mass is 16.2. The molecule has 0 atom stereocenters. The van der Waals surface area contributed by atoms with Crippen LogP contribution in [0.2, 0.25) is 0 Å². The van der Waals surface area contributed by atoms with E-state index in [1.165, 1.54) is 11.1 Å². The second-order valence-electron chi connectivity index (χ2n) is 5.85. The Morgan fingerprint density at radius 2 is 1.96 bits per heavy atom. The van der Waals surface area contributed by atoms with Gasteiger partial charge < -0.3 is 10.2 Å². The normalized spacial score (nSPS) is 10.4. The number of carbonyl (C=O) groups excluding carboxylic acids is 1. The maximum Gasteiger partial charge on any atom is 0.253 e. The van der Waals surface area contributed by atoms with Gasteiger partial charge in [-0.05, 0) is 31.0 Å². The SMILES string of the molecule is CCCCN(C)C(=O)c1ccnc(NCc2ccc(C)cc2)c1. The summed E-state index contributed by atoms with van der Waals surface area (Å²) in [7, 11) is 1.85. The number of nitrogens with zero attached hydrogens (tertiary/aromatic N) is 2. The molecule has 122 valence electrons. The standard InChI is InChI=1S/C19H25N3O/c1-4-5-12-22(3)19(23)17-10-11-20-18(13-17)21-14-16-8-6-15(2)7-9-16/h6-11,13H,4-5,12,14H2,1-3H3,(H,20,21). The van der Waals surface area contributed by atoms with Crippen LogP contribution >= 0.6 is 0 Å². The van der Waals surface area contributed by atoms with E-state index in [2.05, 4.69) is 48.4 Å². The molecule has 0 aliphatic heterocycles. The second kappa shape index (κ2) is 8.32. The highest BCUT2D eigenvalue weighted by Crippen LogP contribution is 2.12. The van der Waals surface area contributed by atoms with E-state index >= 15 is 0 Å². The quantitative estimate of drug-likeness (QED) is 0.844. The Labute approximate surface area is 138 Å². The van der Waals surface area contributed by atoms with Crippen molar-refractivity contribution in [1.82, 2.24) is 9.88 Å². The van der Waals surface area contributed by atoms with Crippen molar-refractivity contribution in [2.24, 2.45) is 0 Å². The summed E-state index contributed by atoms with van der Waals surface area (Å²) in [6, 6.07) is 12.0. The van der Waals surface area contributed by atoms with E-state index < -0.39 is 0 Å². The highest BCUT2D eigenvalue weighted by Gasteiger charge is 2.11. The molecule has 0 saturated carbocycles. The van der Waals surface area contributed by atoms with Crippen LogP contribution in [0.25, 0.3) is 0 Å². The third-order valence-electron chi connectivity index (χ3n) is 3.79. The number of amides is 1. The molecule has 1 N–H and O–H groups in total. The van der Waals surface area contributed by atoms with Crippen molar-refractivity contribution in [1.29, 1.82) is 0 Å². The van der Waals surface area contributed by atoms with Crippen molar-refractivity contribution in [2.75, 3.05) is 18.9 Å². The summed E-state index contributed by atoms with van der Waals surface area (Å²) in [4.78, 5) is 18.4. The molecule has 1 amide bonds. The van der Waals surface area contributed by atoms with Crippen LogP contribution in [-0.2, 0) is 6.54 Å². The molecular formula is C19H25N3O. The summed E-state index contributed by atoms with van der Waals surface area (Å²) < 4.78 is 0. The van der Waals surface area contributed by atoms with Crippen molar-refractivity contribution in [2.45, 2.75) is 33.2 Å². The van der Waals surface area contributed by atoms with Gasteiger partial charge in [0.05, 0.1) is 0 Å². The number of aromatic nitrogens is 1. The number of carbonyl (C=O) groups is 1. The molecule has 1 heterocycles. The van der Waals surface area contributed by atoms with E-state index in [4.69, 9.17) is 0 Å². The van der Waals surface area contributed by atoms with Gasteiger partial charge in [0.15, 0.2) is 0 Å². The first kappa shape index (κ1) is 17.0. The Morgan fingerprint density at radius 3 is 2.65 bits per heavy atom. The zero-order valence-corrected chi connectivity index (χ0v) is 14.2. The van der Waals surface area contributed by atoms with Crippen LogP contribution in [0.4, 0.5) is 5.82 Å². The zero-order valence-electron chi connectivity index (χ0n) is 14.2. The summed E-state index contributed by atoms with van der Waals surface area (Å²) in [6.07, 6.45) is 3.78. The number of pyridine rings is 1. The number of nitrogens with one attached hydrogen (secondary N) is 1. The third kappa shape index (κ3) is 5.09. The van der Waals surface area contributed by atoms with Crippen LogP contribution < -0.4 is 5.32 Å². The third-order valence-corrected chi connectivity index (χ3v) is 3.79. The van der Waals surface area contributed by atoms with Gasteiger partial charge in [0.25, 0.3) is 5.91 Å².